The van der Waals surface area contributed by atoms with E-state index in [1.54, 1.807) is 6.07 Å². The molecule has 0 fully saturated rings. The second-order valence-electron chi connectivity index (χ2n) is 4.12. The number of anilines is 1. The van der Waals surface area contributed by atoms with Gasteiger partial charge in [-0.3, -0.25) is 15.2 Å². The number of aromatic amines is 1. The molecule has 0 aliphatic rings. The SMILES string of the molecule is Cc1cc(C(=O)Nc2nc(C(C)C)cs2)n[nH]1. The zero-order valence-electron chi connectivity index (χ0n) is 9.94. The van der Waals surface area contributed by atoms with Gasteiger partial charge in [0, 0.05) is 11.1 Å². The van der Waals surface area contributed by atoms with Crippen molar-refractivity contribution in [3.05, 3.63) is 28.5 Å². The van der Waals surface area contributed by atoms with Gasteiger partial charge in [-0.1, -0.05) is 13.8 Å². The summed E-state index contributed by atoms with van der Waals surface area (Å²) in [6, 6.07) is 1.70. The van der Waals surface area contributed by atoms with Gasteiger partial charge in [-0.25, -0.2) is 4.98 Å². The van der Waals surface area contributed by atoms with Crippen LogP contribution < -0.4 is 5.32 Å². The van der Waals surface area contributed by atoms with Crippen LogP contribution in [0.5, 0.6) is 0 Å². The lowest BCUT2D eigenvalue weighted by Gasteiger charge is -1.98. The largest absolute Gasteiger partial charge is 0.296 e. The summed E-state index contributed by atoms with van der Waals surface area (Å²) in [6.07, 6.45) is 0. The van der Waals surface area contributed by atoms with Gasteiger partial charge in [0.15, 0.2) is 10.8 Å². The topological polar surface area (TPSA) is 70.7 Å². The second kappa shape index (κ2) is 4.67. The van der Waals surface area contributed by atoms with Crippen molar-refractivity contribution in [2.75, 3.05) is 5.32 Å². The van der Waals surface area contributed by atoms with E-state index in [1.165, 1.54) is 11.3 Å². The van der Waals surface area contributed by atoms with Gasteiger partial charge in [-0.15, -0.1) is 11.3 Å². The quantitative estimate of drug-likeness (QED) is 0.879. The number of amides is 1. The molecule has 5 nitrogen and oxygen atoms in total. The number of hydrogen-bond donors (Lipinski definition) is 2. The molecule has 0 aliphatic heterocycles. The van der Waals surface area contributed by atoms with Crippen LogP contribution in [0.25, 0.3) is 0 Å². The minimum atomic E-state index is -0.237. The van der Waals surface area contributed by atoms with E-state index in [4.69, 9.17) is 0 Å². The molecule has 90 valence electrons. The Morgan fingerprint density at radius 3 is 2.82 bits per heavy atom. The van der Waals surface area contributed by atoms with E-state index in [-0.39, 0.29) is 5.91 Å². The minimum absolute atomic E-state index is 0.237. The summed E-state index contributed by atoms with van der Waals surface area (Å²) in [5.41, 5.74) is 2.23. The van der Waals surface area contributed by atoms with Crippen molar-refractivity contribution in [3.63, 3.8) is 0 Å². The molecular weight excluding hydrogens is 236 g/mol. The molecule has 0 saturated heterocycles. The van der Waals surface area contributed by atoms with E-state index in [9.17, 15) is 4.79 Å². The normalized spacial score (nSPS) is 10.8. The molecule has 0 aliphatic carbocycles. The standard InChI is InChI=1S/C11H14N4OS/c1-6(2)9-5-17-11(12-9)13-10(16)8-4-7(3)14-15-8/h4-6H,1-3H3,(H,14,15)(H,12,13,16). The van der Waals surface area contributed by atoms with Gasteiger partial charge in [0.25, 0.3) is 5.91 Å². The third-order valence-electron chi connectivity index (χ3n) is 2.27. The predicted octanol–water partition coefficient (Wildman–Crippen LogP) is 2.55. The average Bonchev–Trinajstić information content (AvgIpc) is 2.86. The zero-order chi connectivity index (χ0) is 12.4. The lowest BCUT2D eigenvalue weighted by atomic mass is 10.2. The zero-order valence-corrected chi connectivity index (χ0v) is 10.8. The Balaban J connectivity index is 2.07. The molecule has 2 N–H and O–H groups in total. The molecule has 2 aromatic rings. The third kappa shape index (κ3) is 2.71. The summed E-state index contributed by atoms with van der Waals surface area (Å²) in [4.78, 5) is 16.1. The van der Waals surface area contributed by atoms with Gasteiger partial charge in [-0.2, -0.15) is 5.10 Å². The fourth-order valence-corrected chi connectivity index (χ4v) is 2.17. The summed E-state index contributed by atoms with van der Waals surface area (Å²) >= 11 is 1.43. The van der Waals surface area contributed by atoms with Crippen molar-refractivity contribution in [3.8, 4) is 0 Å². The maximum Gasteiger partial charge on any atom is 0.277 e. The lowest BCUT2D eigenvalue weighted by Crippen LogP contribution is -2.12. The smallest absolute Gasteiger partial charge is 0.277 e. The van der Waals surface area contributed by atoms with Crippen molar-refractivity contribution in [2.24, 2.45) is 0 Å². The highest BCUT2D eigenvalue weighted by atomic mass is 32.1. The number of carbonyl (C=O) groups excluding carboxylic acids is 1. The molecule has 0 radical (unpaired) electrons. The van der Waals surface area contributed by atoms with E-state index in [1.807, 2.05) is 12.3 Å². The number of carbonyl (C=O) groups is 1. The number of rotatable bonds is 3. The van der Waals surface area contributed by atoms with E-state index in [2.05, 4.69) is 34.3 Å². The summed E-state index contributed by atoms with van der Waals surface area (Å²) in [7, 11) is 0. The Morgan fingerprint density at radius 1 is 1.53 bits per heavy atom. The molecular formula is C11H14N4OS. The van der Waals surface area contributed by atoms with E-state index < -0.39 is 0 Å². The van der Waals surface area contributed by atoms with Crippen LogP contribution in [0.2, 0.25) is 0 Å². The van der Waals surface area contributed by atoms with Crippen LogP contribution >= 0.6 is 11.3 Å². The molecule has 0 unspecified atom stereocenters. The first-order valence-electron chi connectivity index (χ1n) is 5.35. The molecule has 6 heteroatoms. The summed E-state index contributed by atoms with van der Waals surface area (Å²) in [5, 5.41) is 11.9. The monoisotopic (exact) mass is 250 g/mol. The first-order valence-corrected chi connectivity index (χ1v) is 6.23. The van der Waals surface area contributed by atoms with Crippen molar-refractivity contribution in [1.29, 1.82) is 0 Å². The van der Waals surface area contributed by atoms with Crippen LogP contribution in [0.4, 0.5) is 5.13 Å². The van der Waals surface area contributed by atoms with Crippen LogP contribution in [0.3, 0.4) is 0 Å². The number of aromatic nitrogens is 3. The maximum atomic E-state index is 11.8. The van der Waals surface area contributed by atoms with Gasteiger partial charge >= 0.3 is 0 Å². The van der Waals surface area contributed by atoms with Crippen molar-refractivity contribution < 1.29 is 4.79 Å². The summed E-state index contributed by atoms with van der Waals surface area (Å²) in [6.45, 7) is 5.99. The second-order valence-corrected chi connectivity index (χ2v) is 4.98. The van der Waals surface area contributed by atoms with E-state index >= 15 is 0 Å². The molecule has 0 spiro atoms. The number of aryl methyl sites for hydroxylation is 1. The average molecular weight is 250 g/mol. The molecule has 1 amide bonds. The van der Waals surface area contributed by atoms with Gasteiger partial charge in [-0.05, 0) is 18.9 Å². The molecule has 17 heavy (non-hydrogen) atoms. The van der Waals surface area contributed by atoms with E-state index in [0.717, 1.165) is 11.4 Å². The molecule has 2 heterocycles. The van der Waals surface area contributed by atoms with Crippen molar-refractivity contribution >= 4 is 22.4 Å². The number of hydrogen-bond acceptors (Lipinski definition) is 4. The predicted molar refractivity (Wildman–Crippen MR) is 67.5 cm³/mol. The summed E-state index contributed by atoms with van der Waals surface area (Å²) < 4.78 is 0. The van der Waals surface area contributed by atoms with Crippen molar-refractivity contribution in [2.45, 2.75) is 26.7 Å². The first kappa shape index (κ1) is 11.8. The molecule has 0 aromatic carbocycles. The summed E-state index contributed by atoms with van der Waals surface area (Å²) in [5.74, 6) is 0.128. The highest BCUT2D eigenvalue weighted by Crippen LogP contribution is 2.21. The van der Waals surface area contributed by atoms with Crippen LogP contribution in [-0.4, -0.2) is 21.1 Å². The Bertz CT molecular complexity index is 529. The van der Waals surface area contributed by atoms with Gasteiger partial charge < -0.3 is 0 Å². The molecule has 0 bridgehead atoms. The van der Waals surface area contributed by atoms with Gasteiger partial charge in [0.1, 0.15) is 0 Å². The number of nitrogens with one attached hydrogen (secondary N) is 2. The van der Waals surface area contributed by atoms with Crippen LogP contribution in [0, 0.1) is 6.92 Å². The Hall–Kier alpha value is -1.69. The fraction of sp³-hybridized carbons (Fsp3) is 0.364. The third-order valence-corrected chi connectivity index (χ3v) is 3.05. The van der Waals surface area contributed by atoms with Gasteiger partial charge in [0.2, 0.25) is 0 Å². The first-order chi connectivity index (χ1) is 8.06. The van der Waals surface area contributed by atoms with Crippen LogP contribution in [0.15, 0.2) is 11.4 Å². The number of nitrogens with zero attached hydrogens (tertiary/aromatic N) is 2. The fourth-order valence-electron chi connectivity index (χ4n) is 1.30. The molecule has 0 atom stereocenters. The Labute approximate surface area is 103 Å². The Kier molecular flexibility index (Phi) is 3.23. The maximum absolute atomic E-state index is 11.8. The van der Waals surface area contributed by atoms with Crippen LogP contribution in [-0.2, 0) is 0 Å². The number of H-pyrrole nitrogens is 1. The molecule has 2 aromatic heterocycles. The highest BCUT2D eigenvalue weighted by Gasteiger charge is 2.12. The lowest BCUT2D eigenvalue weighted by molar-refractivity contribution is 0.102. The van der Waals surface area contributed by atoms with E-state index in [0.29, 0.717) is 16.7 Å². The Morgan fingerprint density at radius 2 is 2.29 bits per heavy atom. The molecule has 0 saturated carbocycles. The highest BCUT2D eigenvalue weighted by molar-refractivity contribution is 7.14. The van der Waals surface area contributed by atoms with Crippen molar-refractivity contribution in [1.82, 2.24) is 15.2 Å². The molecule has 2 rings (SSSR count). The van der Waals surface area contributed by atoms with Crippen LogP contribution in [0.1, 0.15) is 41.6 Å². The minimum Gasteiger partial charge on any atom is -0.296 e. The van der Waals surface area contributed by atoms with Gasteiger partial charge in [0.05, 0.1) is 5.69 Å². The number of thiazole rings is 1.